The first-order valence-corrected chi connectivity index (χ1v) is 10.6. The van der Waals surface area contributed by atoms with Crippen LogP contribution in [0.3, 0.4) is 0 Å². The van der Waals surface area contributed by atoms with Crippen molar-refractivity contribution in [1.82, 2.24) is 0 Å². The summed E-state index contributed by atoms with van der Waals surface area (Å²) < 4.78 is 33.3. The zero-order valence-corrected chi connectivity index (χ0v) is 18.5. The number of nitrogens with one attached hydrogen (secondary N) is 2. The van der Waals surface area contributed by atoms with Gasteiger partial charge in [-0.25, -0.2) is 29.4 Å². The van der Waals surface area contributed by atoms with Gasteiger partial charge in [0.25, 0.3) is 11.6 Å². The summed E-state index contributed by atoms with van der Waals surface area (Å²) in [6.07, 6.45) is 3.71. The molecule has 168 valence electrons. The van der Waals surface area contributed by atoms with E-state index >= 15 is 0 Å². The molecule has 3 N–H and O–H groups in total. The maximum absolute atomic E-state index is 12.4. The Balaban J connectivity index is 0.000000534. The molecule has 0 fully saturated rings. The Hall–Kier alpha value is -3.67. The number of anilines is 2. The van der Waals surface area contributed by atoms with Crippen LogP contribution >= 0.6 is 0 Å². The Labute approximate surface area is 186 Å². The van der Waals surface area contributed by atoms with E-state index in [1.807, 2.05) is 72.0 Å². The predicted molar refractivity (Wildman–Crippen MR) is 116 cm³/mol. The largest absolute Gasteiger partial charge is 0.397 e. The number of aryl methyl sites for hydroxylation is 2. The summed E-state index contributed by atoms with van der Waals surface area (Å²) in [5.74, 6) is 0.924. The first kappa shape index (κ1) is 24.6. The molecule has 0 saturated carbocycles. The quantitative estimate of drug-likeness (QED) is 0.389. The minimum atomic E-state index is -4.16. The molecule has 0 aliphatic rings. The molecule has 0 radical (unpaired) electrons. The average Bonchev–Trinajstić information content (AvgIpc) is 2.77. The number of amides is 2. The van der Waals surface area contributed by atoms with Crippen molar-refractivity contribution in [1.29, 1.82) is 0 Å². The highest BCUT2D eigenvalue weighted by molar-refractivity contribution is 7.80. The van der Waals surface area contributed by atoms with Gasteiger partial charge in [0.15, 0.2) is 0 Å². The number of benzene rings is 1. The van der Waals surface area contributed by atoms with Crippen LogP contribution in [0.2, 0.25) is 0 Å². The third kappa shape index (κ3) is 7.54. The average molecular weight is 461 g/mol. The van der Waals surface area contributed by atoms with E-state index in [4.69, 9.17) is 4.55 Å². The summed E-state index contributed by atoms with van der Waals surface area (Å²) in [5, 5.41) is 5.69. The van der Waals surface area contributed by atoms with Crippen LogP contribution in [0.15, 0.2) is 73.1 Å². The van der Waals surface area contributed by atoms with Crippen LogP contribution in [0.5, 0.6) is 0 Å². The lowest BCUT2D eigenvalue weighted by Gasteiger charge is -2.03. The van der Waals surface area contributed by atoms with E-state index in [-0.39, 0.29) is 11.8 Å². The van der Waals surface area contributed by atoms with Gasteiger partial charge in [-0.05, 0) is 36.4 Å². The van der Waals surface area contributed by atoms with E-state index in [9.17, 15) is 18.0 Å². The molecule has 11 heteroatoms. The van der Waals surface area contributed by atoms with Gasteiger partial charge >= 0.3 is 22.2 Å². The zero-order valence-electron chi connectivity index (χ0n) is 17.7. The maximum Gasteiger partial charge on any atom is 0.397 e. The highest BCUT2D eigenvalue weighted by Crippen LogP contribution is 2.09. The number of hydrogen-bond donors (Lipinski definition) is 3. The zero-order chi connectivity index (χ0) is 23.7. The van der Waals surface area contributed by atoms with Crippen LogP contribution in [0.4, 0.5) is 11.6 Å². The number of nitrogens with zero attached hydrogens (tertiary/aromatic N) is 2. The highest BCUT2D eigenvalue weighted by atomic mass is 32.3. The van der Waals surface area contributed by atoms with Crippen LogP contribution in [0.25, 0.3) is 0 Å². The molecule has 3 aromatic rings. The Morgan fingerprint density at radius 2 is 1.12 bits per heavy atom. The van der Waals surface area contributed by atoms with Gasteiger partial charge < -0.3 is 0 Å². The lowest BCUT2D eigenvalue weighted by Crippen LogP contribution is -2.33. The molecule has 3 rings (SSSR count). The molecule has 0 aliphatic heterocycles. The van der Waals surface area contributed by atoms with E-state index in [0.717, 1.165) is 7.11 Å². The van der Waals surface area contributed by atoms with Gasteiger partial charge in [0.1, 0.15) is 0 Å². The number of carbonyl (C=O) groups excluding carboxylic acids is 2. The lowest BCUT2D eigenvalue weighted by molar-refractivity contribution is -0.657. The second-order valence-electron chi connectivity index (χ2n) is 6.47. The number of pyridine rings is 2. The molecule has 0 aliphatic carbocycles. The fourth-order valence-corrected chi connectivity index (χ4v) is 2.46. The number of hydrogen-bond acceptors (Lipinski definition) is 5. The number of carbonyl (C=O) groups is 2. The van der Waals surface area contributed by atoms with Crippen LogP contribution < -0.4 is 19.8 Å². The molecular weight excluding hydrogens is 436 g/mol. The second-order valence-corrected chi connectivity index (χ2v) is 7.66. The molecule has 2 aromatic heterocycles. The monoisotopic (exact) mass is 460 g/mol. The third-order valence-corrected chi connectivity index (χ3v) is 4.63. The molecule has 0 spiro atoms. The molecule has 0 atom stereocenters. The van der Waals surface area contributed by atoms with E-state index in [1.165, 1.54) is 0 Å². The van der Waals surface area contributed by atoms with E-state index in [0.29, 0.717) is 22.8 Å². The van der Waals surface area contributed by atoms with Gasteiger partial charge in [0, 0.05) is 12.1 Å². The van der Waals surface area contributed by atoms with Crippen LogP contribution in [-0.4, -0.2) is 31.9 Å². The van der Waals surface area contributed by atoms with Crippen molar-refractivity contribution in [3.05, 3.63) is 84.2 Å². The molecule has 2 heterocycles. The van der Waals surface area contributed by atoms with Gasteiger partial charge in [0.05, 0.1) is 44.7 Å². The molecule has 32 heavy (non-hydrogen) atoms. The number of aromatic nitrogens is 2. The molecule has 1 aromatic carbocycles. The topological polar surface area (TPSA) is 130 Å². The lowest BCUT2D eigenvalue weighted by atomic mass is 10.1. The van der Waals surface area contributed by atoms with Gasteiger partial charge in [0.2, 0.25) is 0 Å². The summed E-state index contributed by atoms with van der Waals surface area (Å²) in [6, 6.07) is 17.7. The molecular formula is C21H24N4O6S+2. The summed E-state index contributed by atoms with van der Waals surface area (Å²) in [6.45, 7) is 0. The Kier molecular flexibility index (Phi) is 8.53. The standard InChI is InChI=1S/C20H18N4O2.CH4O4S/c1-23-13-5-3-7-17(23)21-19(25)15-9-11-16(12-10-15)20(26)22-18-8-4-6-14-24(18)2;1-5-6(2,3)4/h3-14H,1-2H3;1H3,(H,2,3,4)/p+2. The third-order valence-electron chi connectivity index (χ3n) is 4.21. The van der Waals surface area contributed by atoms with Crippen molar-refractivity contribution in [2.75, 3.05) is 17.7 Å². The van der Waals surface area contributed by atoms with Gasteiger partial charge in [-0.2, -0.15) is 8.42 Å². The van der Waals surface area contributed by atoms with Crippen molar-refractivity contribution < 1.29 is 35.9 Å². The normalized spacial score (nSPS) is 10.5. The summed E-state index contributed by atoms with van der Waals surface area (Å²) in [7, 11) is 0.416. The number of rotatable bonds is 5. The smallest absolute Gasteiger partial charge is 0.264 e. The summed E-state index contributed by atoms with van der Waals surface area (Å²) >= 11 is 0. The maximum atomic E-state index is 12.4. The van der Waals surface area contributed by atoms with Crippen molar-refractivity contribution in [3.63, 3.8) is 0 Å². The fourth-order valence-electron chi connectivity index (χ4n) is 2.46. The molecule has 0 saturated heterocycles. The molecule has 2 amide bonds. The highest BCUT2D eigenvalue weighted by Gasteiger charge is 2.17. The van der Waals surface area contributed by atoms with Crippen molar-refractivity contribution in [3.8, 4) is 0 Å². The van der Waals surface area contributed by atoms with E-state index < -0.39 is 10.4 Å². The summed E-state index contributed by atoms with van der Waals surface area (Å²) in [5.41, 5.74) is 0.964. The van der Waals surface area contributed by atoms with Crippen molar-refractivity contribution in [2.24, 2.45) is 14.1 Å². The van der Waals surface area contributed by atoms with Crippen LogP contribution in [0, 0.1) is 0 Å². The minimum absolute atomic E-state index is 0.229. The minimum Gasteiger partial charge on any atom is -0.264 e. The van der Waals surface area contributed by atoms with E-state index in [1.54, 1.807) is 24.3 Å². The SMILES string of the molecule is COS(=O)(=O)O.C[n+]1ccccc1NC(=O)c1ccc(C(=O)Nc2cccc[n+]2C)cc1. The molecule has 0 unspecified atom stereocenters. The fraction of sp³-hybridized carbons (Fsp3) is 0.143. The Bertz CT molecular complexity index is 1120. The first-order chi connectivity index (χ1) is 15.1. The summed E-state index contributed by atoms with van der Waals surface area (Å²) in [4.78, 5) is 24.7. The van der Waals surface area contributed by atoms with Gasteiger partial charge in [-0.3, -0.25) is 8.74 Å². The molecule has 10 nitrogen and oxygen atoms in total. The Morgan fingerprint density at radius 3 is 1.41 bits per heavy atom. The van der Waals surface area contributed by atoms with Crippen molar-refractivity contribution in [2.45, 2.75) is 0 Å². The second kappa shape index (κ2) is 11.1. The van der Waals surface area contributed by atoms with Gasteiger partial charge in [-0.1, -0.05) is 12.1 Å². The van der Waals surface area contributed by atoms with Gasteiger partial charge in [-0.15, -0.1) is 0 Å². The predicted octanol–water partition coefficient (Wildman–Crippen LogP) is 1.28. The van der Waals surface area contributed by atoms with E-state index in [2.05, 4.69) is 14.8 Å². The van der Waals surface area contributed by atoms with Crippen molar-refractivity contribution >= 4 is 33.8 Å². The van der Waals surface area contributed by atoms with Crippen LogP contribution in [0.1, 0.15) is 20.7 Å². The Morgan fingerprint density at radius 1 is 0.781 bits per heavy atom. The van der Waals surface area contributed by atoms with Crippen LogP contribution in [-0.2, 0) is 28.7 Å². The first-order valence-electron chi connectivity index (χ1n) is 9.26. The molecule has 0 bridgehead atoms.